The molecule has 2 aliphatic heterocycles. The van der Waals surface area contributed by atoms with Crippen LogP contribution in [0.2, 0.25) is 0 Å². The molecule has 0 bridgehead atoms. The van der Waals surface area contributed by atoms with E-state index in [2.05, 4.69) is 32.8 Å². The number of nitrogens with two attached hydrogens (primary N) is 1. The number of fused-ring (bicyclic) bond motifs is 5. The van der Waals surface area contributed by atoms with Crippen molar-refractivity contribution in [2.75, 3.05) is 5.32 Å². The van der Waals surface area contributed by atoms with Crippen molar-refractivity contribution in [2.24, 2.45) is 31.9 Å². The quantitative estimate of drug-likeness (QED) is 0.472. The van der Waals surface area contributed by atoms with E-state index in [9.17, 15) is 15.3 Å². The van der Waals surface area contributed by atoms with E-state index in [4.69, 9.17) is 15.4 Å². The topological polar surface area (TPSA) is 158 Å². The van der Waals surface area contributed by atoms with Crippen LogP contribution in [-0.4, -0.2) is 29.1 Å². The highest BCUT2D eigenvalue weighted by molar-refractivity contribution is 6.20. The number of nitrogens with zero attached hydrogens (tertiary/aromatic N) is 5. The lowest BCUT2D eigenvalue weighted by Crippen LogP contribution is -2.47. The van der Waals surface area contributed by atoms with Gasteiger partial charge in [0.1, 0.15) is 11.3 Å². The zero-order valence-corrected chi connectivity index (χ0v) is 20.8. The summed E-state index contributed by atoms with van der Waals surface area (Å²) in [6, 6.07) is 9.91. The molecule has 1 aromatic rings. The molecular weight excluding hydrogens is 470 g/mol. The van der Waals surface area contributed by atoms with Gasteiger partial charge in [0.15, 0.2) is 5.41 Å². The number of carbonyl (C=O) groups is 1. The number of benzene rings is 1. The number of carbonyl (C=O) groups excluding carboxylic acids is 1. The molecule has 5 aliphatic rings. The average Bonchev–Trinajstić information content (AvgIpc) is 3.29. The number of amides is 1. The number of aryl methyl sites for hydroxylation is 1. The summed E-state index contributed by atoms with van der Waals surface area (Å²) >= 11 is 0. The molecule has 3 atom stereocenters. The van der Waals surface area contributed by atoms with Gasteiger partial charge in [0.25, 0.3) is 0 Å². The molecule has 3 saturated carbocycles. The molecule has 3 fully saturated rings. The van der Waals surface area contributed by atoms with E-state index in [-0.39, 0.29) is 5.84 Å². The molecule has 3 aliphatic carbocycles. The second-order valence-electron chi connectivity index (χ2n) is 10.7. The number of rotatable bonds is 4. The standard InChI is InChI=1S/C27H29N7O3/c1-17-12-13-21-20(14-17)26(23(35)31-21)24(15-28)22(30)32-27(25(24,26)16-29,36-33-18-8-4-2-5-9-18)37-34-19-10-6-3-7-11-19/h12-14H,2-11H2,1H3,(H2,30,32)(H,31,35)/t24-,25-,26+/m1/s1. The smallest absolute Gasteiger partial charge is 0.386 e. The molecule has 0 saturated heterocycles. The molecule has 190 valence electrons. The van der Waals surface area contributed by atoms with Crippen LogP contribution in [0.15, 0.2) is 33.5 Å². The molecule has 3 N–H and O–H groups in total. The summed E-state index contributed by atoms with van der Waals surface area (Å²) in [5.74, 6) is -2.89. The van der Waals surface area contributed by atoms with Crippen LogP contribution in [0.4, 0.5) is 5.69 Å². The van der Waals surface area contributed by atoms with Crippen molar-refractivity contribution in [2.45, 2.75) is 82.5 Å². The summed E-state index contributed by atoms with van der Waals surface area (Å²) < 4.78 is 0. The molecule has 0 radical (unpaired) electrons. The number of aliphatic imine (C=N–C) groups is 1. The van der Waals surface area contributed by atoms with Crippen molar-refractivity contribution in [3.63, 3.8) is 0 Å². The van der Waals surface area contributed by atoms with Gasteiger partial charge in [0.2, 0.25) is 11.3 Å². The molecule has 6 rings (SSSR count). The highest BCUT2D eigenvalue weighted by atomic mass is 16.8. The first kappa shape index (κ1) is 23.5. The van der Waals surface area contributed by atoms with Gasteiger partial charge in [-0.3, -0.25) is 4.79 Å². The lowest BCUT2D eigenvalue weighted by molar-refractivity contribution is -0.263. The van der Waals surface area contributed by atoms with Crippen LogP contribution in [0.5, 0.6) is 0 Å². The van der Waals surface area contributed by atoms with E-state index >= 15 is 0 Å². The maximum Gasteiger partial charge on any atom is 0.422 e. The van der Waals surface area contributed by atoms with Crippen molar-refractivity contribution in [3.8, 4) is 12.1 Å². The highest BCUT2D eigenvalue weighted by Crippen LogP contribution is 2.87. The van der Waals surface area contributed by atoms with Crippen molar-refractivity contribution < 1.29 is 14.5 Å². The molecular formula is C27H29N7O3. The summed E-state index contributed by atoms with van der Waals surface area (Å²) in [4.78, 5) is 30.4. The number of oxime groups is 2. The summed E-state index contributed by atoms with van der Waals surface area (Å²) in [5, 5.41) is 33.1. The Balaban J connectivity index is 1.55. The Bertz CT molecular complexity index is 1320. The fraction of sp³-hybridized carbons (Fsp3) is 0.556. The summed E-state index contributed by atoms with van der Waals surface area (Å²) in [6.07, 6.45) is 9.14. The lowest BCUT2D eigenvalue weighted by atomic mass is 9.83. The minimum Gasteiger partial charge on any atom is -0.386 e. The lowest BCUT2D eigenvalue weighted by Gasteiger charge is -2.30. The average molecular weight is 500 g/mol. The van der Waals surface area contributed by atoms with Gasteiger partial charge in [0, 0.05) is 5.69 Å². The first-order valence-electron chi connectivity index (χ1n) is 13.0. The Hall–Kier alpha value is -3.92. The van der Waals surface area contributed by atoms with Crippen LogP contribution in [0.1, 0.15) is 75.3 Å². The van der Waals surface area contributed by atoms with Crippen LogP contribution in [0.25, 0.3) is 0 Å². The number of nitriles is 2. The van der Waals surface area contributed by atoms with Crippen molar-refractivity contribution in [1.29, 1.82) is 10.5 Å². The minimum atomic E-state index is -2.20. The second kappa shape index (κ2) is 8.04. The minimum absolute atomic E-state index is 0.186. The van der Waals surface area contributed by atoms with Crippen LogP contribution in [0, 0.1) is 40.4 Å². The number of anilines is 1. The third-order valence-corrected chi connectivity index (χ3v) is 8.71. The van der Waals surface area contributed by atoms with Crippen LogP contribution < -0.4 is 11.1 Å². The SMILES string of the molecule is Cc1ccc2c(c1)[C@]1(C(=O)N2)[C@]2(C#N)C(N)=NC(ON=C3CCCCC3)(ON=C3CCCCC3)[C@]21C#N. The molecule has 10 heteroatoms. The van der Waals surface area contributed by atoms with E-state index in [1.165, 1.54) is 0 Å². The zero-order valence-electron chi connectivity index (χ0n) is 20.8. The molecule has 37 heavy (non-hydrogen) atoms. The maximum absolute atomic E-state index is 13.8. The molecule has 10 nitrogen and oxygen atoms in total. The third kappa shape index (κ3) is 2.68. The van der Waals surface area contributed by atoms with Gasteiger partial charge in [-0.05, 0) is 69.9 Å². The fourth-order valence-electron chi connectivity index (χ4n) is 6.92. The van der Waals surface area contributed by atoms with E-state index in [0.29, 0.717) is 11.3 Å². The van der Waals surface area contributed by atoms with Crippen molar-refractivity contribution in [1.82, 2.24) is 0 Å². The normalized spacial score (nSPS) is 32.8. The first-order chi connectivity index (χ1) is 17.9. The number of amidine groups is 1. The molecule has 1 spiro atoms. The predicted molar refractivity (Wildman–Crippen MR) is 135 cm³/mol. The molecule has 0 aromatic heterocycles. The largest absolute Gasteiger partial charge is 0.422 e. The van der Waals surface area contributed by atoms with E-state index in [1.807, 2.05) is 19.1 Å². The number of nitrogens with one attached hydrogen (secondary N) is 1. The van der Waals surface area contributed by atoms with Gasteiger partial charge in [-0.15, -0.1) is 0 Å². The Kier molecular flexibility index (Phi) is 5.10. The summed E-state index contributed by atoms with van der Waals surface area (Å²) in [5.41, 5.74) is 4.57. The highest BCUT2D eigenvalue weighted by Gasteiger charge is 3.07. The third-order valence-electron chi connectivity index (χ3n) is 8.71. The van der Waals surface area contributed by atoms with Gasteiger partial charge >= 0.3 is 5.91 Å². The Labute approximate surface area is 215 Å². The maximum atomic E-state index is 13.8. The van der Waals surface area contributed by atoms with E-state index in [0.717, 1.165) is 81.2 Å². The second-order valence-corrected chi connectivity index (χ2v) is 10.7. The van der Waals surface area contributed by atoms with Crippen LogP contribution >= 0.6 is 0 Å². The van der Waals surface area contributed by atoms with Crippen LogP contribution in [0.3, 0.4) is 0 Å². The predicted octanol–water partition coefficient (Wildman–Crippen LogP) is 3.92. The number of hydrogen-bond acceptors (Lipinski definition) is 9. The fourth-order valence-corrected chi connectivity index (χ4v) is 6.92. The summed E-state index contributed by atoms with van der Waals surface area (Å²) in [6.45, 7) is 1.88. The van der Waals surface area contributed by atoms with Crippen molar-refractivity contribution in [3.05, 3.63) is 29.3 Å². The molecule has 2 heterocycles. The molecule has 1 aromatic carbocycles. The van der Waals surface area contributed by atoms with Gasteiger partial charge in [-0.2, -0.15) is 15.5 Å². The van der Waals surface area contributed by atoms with Gasteiger partial charge < -0.3 is 20.7 Å². The van der Waals surface area contributed by atoms with Gasteiger partial charge in [-0.1, -0.05) is 40.8 Å². The monoisotopic (exact) mass is 499 g/mol. The van der Waals surface area contributed by atoms with E-state index < -0.39 is 28.1 Å². The van der Waals surface area contributed by atoms with Gasteiger partial charge in [-0.25, -0.2) is 0 Å². The molecule has 0 unspecified atom stereocenters. The Morgan fingerprint density at radius 2 is 1.57 bits per heavy atom. The van der Waals surface area contributed by atoms with Crippen molar-refractivity contribution >= 4 is 28.9 Å². The Morgan fingerprint density at radius 3 is 2.11 bits per heavy atom. The first-order valence-corrected chi connectivity index (χ1v) is 13.0. The zero-order chi connectivity index (χ0) is 25.9. The van der Waals surface area contributed by atoms with E-state index in [1.54, 1.807) is 6.07 Å². The number of hydrogen-bond donors (Lipinski definition) is 2. The Morgan fingerprint density at radius 1 is 0.973 bits per heavy atom. The van der Waals surface area contributed by atoms with Gasteiger partial charge in [0.05, 0.1) is 23.6 Å². The molecule has 1 amide bonds. The van der Waals surface area contributed by atoms with Crippen LogP contribution in [-0.2, 0) is 19.9 Å². The summed E-state index contributed by atoms with van der Waals surface area (Å²) in [7, 11) is 0.